The molecule has 0 aliphatic carbocycles. The summed E-state index contributed by atoms with van der Waals surface area (Å²) in [5.74, 6) is 0.408. The van der Waals surface area contributed by atoms with Crippen molar-refractivity contribution in [3.8, 4) is 23.0 Å². The molecule has 0 unspecified atom stereocenters. The van der Waals surface area contributed by atoms with E-state index >= 15 is 0 Å². The summed E-state index contributed by atoms with van der Waals surface area (Å²) < 4.78 is 0. The number of benzene rings is 6. The monoisotopic (exact) mass is 1080 g/mol. The van der Waals surface area contributed by atoms with Crippen molar-refractivity contribution < 1.29 is 20.4 Å². The third-order valence-electron chi connectivity index (χ3n) is 14.8. The van der Waals surface area contributed by atoms with Gasteiger partial charge in [-0.2, -0.15) is 0 Å². The fourth-order valence-corrected chi connectivity index (χ4v) is 9.50. The van der Waals surface area contributed by atoms with E-state index in [1.54, 1.807) is 12.4 Å². The number of phenols is 4. The highest BCUT2D eigenvalue weighted by Gasteiger charge is 2.34. The Labute approximate surface area is 481 Å². The molecule has 8 heteroatoms. The van der Waals surface area contributed by atoms with Crippen molar-refractivity contribution in [1.29, 1.82) is 0 Å². The first-order valence-corrected chi connectivity index (χ1v) is 28.4. The van der Waals surface area contributed by atoms with E-state index in [1.165, 1.54) is 0 Å². The molecule has 0 aliphatic heterocycles. The fraction of sp³-hybridized carbons (Fsp3) is 0.444. The lowest BCUT2D eigenvalue weighted by molar-refractivity contribution is 0.442. The van der Waals surface area contributed by atoms with Crippen LogP contribution in [0.5, 0.6) is 23.0 Å². The van der Waals surface area contributed by atoms with Gasteiger partial charge in [0, 0.05) is 56.9 Å². The Balaban J connectivity index is 1.83. The summed E-state index contributed by atoms with van der Waals surface area (Å²) in [6, 6.07) is 31.6. The largest absolute Gasteiger partial charge is 0.507 e. The van der Waals surface area contributed by atoms with E-state index in [1.807, 2.05) is 72.8 Å². The van der Waals surface area contributed by atoms with Gasteiger partial charge >= 0.3 is 0 Å². The standard InChI is InChI=1S/C72H94N4O4/c1-65(2,3)45-33-43(61(77)51(37-45)69(13,14)15)41-73-55-29-25-27-31-57(55)75-59(49-35-47(67(7,8)9)39-53(63(49)79)71(19,20)21)60(50-36-48(68(10,11)12)40-54(64(50)80)72(22,23)24)76-58-32-28-26-30-56(58)74-42-44-34-46(66(4,5)6)38-52(62(44)78)70(16,17)18/h25-42,77-80H,1-24H3. The normalized spacial score (nSPS) is 14.0. The molecule has 0 aromatic heterocycles. The van der Waals surface area contributed by atoms with Gasteiger partial charge in [0.15, 0.2) is 0 Å². The Morgan fingerprint density at radius 1 is 0.300 bits per heavy atom. The van der Waals surface area contributed by atoms with Crippen molar-refractivity contribution in [2.24, 2.45) is 20.0 Å². The summed E-state index contributed by atoms with van der Waals surface area (Å²) in [4.78, 5) is 21.6. The van der Waals surface area contributed by atoms with Crippen LogP contribution in [-0.2, 0) is 43.3 Å². The van der Waals surface area contributed by atoms with E-state index < -0.39 is 10.8 Å². The van der Waals surface area contributed by atoms with Gasteiger partial charge in [0.2, 0.25) is 0 Å². The molecule has 8 nitrogen and oxygen atoms in total. The zero-order valence-corrected chi connectivity index (χ0v) is 53.0. The minimum Gasteiger partial charge on any atom is -0.507 e. The molecule has 0 bridgehead atoms. The van der Waals surface area contributed by atoms with Gasteiger partial charge in [-0.15, -0.1) is 0 Å². The van der Waals surface area contributed by atoms with Crippen LogP contribution >= 0.6 is 0 Å². The predicted octanol–water partition coefficient (Wildman–Crippen LogP) is 19.3. The second-order valence-electron chi connectivity index (χ2n) is 30.2. The highest BCUT2D eigenvalue weighted by molar-refractivity contribution is 6.55. The molecule has 0 fully saturated rings. The van der Waals surface area contributed by atoms with E-state index in [-0.39, 0.29) is 55.5 Å². The van der Waals surface area contributed by atoms with Gasteiger partial charge < -0.3 is 20.4 Å². The number of para-hydroxylation sites is 4. The van der Waals surface area contributed by atoms with E-state index in [2.05, 4.69) is 190 Å². The predicted molar refractivity (Wildman–Crippen MR) is 342 cm³/mol. The molecule has 0 saturated carbocycles. The maximum absolute atomic E-state index is 13.0. The third kappa shape index (κ3) is 14.2. The molecule has 0 saturated heterocycles. The molecule has 426 valence electrons. The first-order chi connectivity index (χ1) is 36.4. The lowest BCUT2D eigenvalue weighted by atomic mass is 9.76. The third-order valence-corrected chi connectivity index (χ3v) is 14.8. The Kier molecular flexibility index (Phi) is 17.1. The molecule has 4 N–H and O–H groups in total. The molecule has 6 rings (SSSR count). The van der Waals surface area contributed by atoms with Crippen molar-refractivity contribution in [1.82, 2.24) is 0 Å². The van der Waals surface area contributed by atoms with Crippen LogP contribution in [-0.4, -0.2) is 44.3 Å². The summed E-state index contributed by atoms with van der Waals surface area (Å²) in [5, 5.41) is 49.9. The molecule has 6 aromatic rings. The van der Waals surface area contributed by atoms with Crippen molar-refractivity contribution in [2.75, 3.05) is 0 Å². The van der Waals surface area contributed by atoms with Crippen LogP contribution in [0.1, 0.15) is 233 Å². The first-order valence-electron chi connectivity index (χ1n) is 28.4. The van der Waals surface area contributed by atoms with Crippen molar-refractivity contribution in [3.05, 3.63) is 164 Å². The SMILES string of the molecule is CC(C)(C)c1cc(C=Nc2ccccc2N=C(C(=Nc2ccccc2N=Cc2cc(C(C)(C)C)cc(C(C)(C)C)c2O)c2cc(C(C)(C)C)cc(C(C)(C)C)c2O)c2cc(C(C)(C)C)cc(C(C)(C)C)c2O)c(O)c(C(C)(C)C)c1. The summed E-state index contributed by atoms with van der Waals surface area (Å²) in [6.07, 6.45) is 3.42. The molecule has 80 heavy (non-hydrogen) atoms. The van der Waals surface area contributed by atoms with E-state index in [4.69, 9.17) is 20.0 Å². The Hall–Kier alpha value is -6.80. The van der Waals surface area contributed by atoms with Crippen LogP contribution < -0.4 is 0 Å². The van der Waals surface area contributed by atoms with E-state index in [0.29, 0.717) is 56.4 Å². The smallest absolute Gasteiger partial charge is 0.128 e. The lowest BCUT2D eigenvalue weighted by Crippen LogP contribution is -2.24. The molecular weight excluding hydrogens is 985 g/mol. The quantitative estimate of drug-likeness (QED) is 0.107. The highest BCUT2D eigenvalue weighted by Crippen LogP contribution is 2.45. The van der Waals surface area contributed by atoms with Gasteiger partial charge in [-0.25, -0.2) is 9.98 Å². The van der Waals surface area contributed by atoms with Crippen molar-refractivity contribution >= 4 is 46.6 Å². The maximum atomic E-state index is 13.0. The molecule has 0 radical (unpaired) electrons. The molecule has 0 amide bonds. The van der Waals surface area contributed by atoms with Crippen LogP contribution in [0.15, 0.2) is 117 Å². The number of aromatic hydroxyl groups is 4. The van der Waals surface area contributed by atoms with Gasteiger partial charge in [0.05, 0.1) is 22.7 Å². The van der Waals surface area contributed by atoms with Gasteiger partial charge in [-0.3, -0.25) is 9.98 Å². The number of phenolic OH excluding ortho intramolecular Hbond substituents is 4. The van der Waals surface area contributed by atoms with Crippen molar-refractivity contribution in [2.45, 2.75) is 209 Å². The number of hydrogen-bond acceptors (Lipinski definition) is 8. The van der Waals surface area contributed by atoms with Gasteiger partial charge in [-0.05, 0) is 114 Å². The van der Waals surface area contributed by atoms with Crippen LogP contribution in [0.2, 0.25) is 0 Å². The van der Waals surface area contributed by atoms with E-state index in [0.717, 1.165) is 44.5 Å². The maximum Gasteiger partial charge on any atom is 0.128 e. The number of aliphatic imine (C=N–C) groups is 4. The molecule has 6 aromatic carbocycles. The van der Waals surface area contributed by atoms with Crippen LogP contribution in [0.4, 0.5) is 22.7 Å². The van der Waals surface area contributed by atoms with Crippen LogP contribution in [0, 0.1) is 0 Å². The second-order valence-corrected chi connectivity index (χ2v) is 30.2. The van der Waals surface area contributed by atoms with Gasteiger partial charge in [0.1, 0.15) is 34.4 Å². The number of hydrogen-bond donors (Lipinski definition) is 4. The Bertz CT molecular complexity index is 3190. The Morgan fingerprint density at radius 2 is 0.537 bits per heavy atom. The number of rotatable bonds is 9. The Morgan fingerprint density at radius 3 is 0.787 bits per heavy atom. The molecule has 0 spiro atoms. The average molecular weight is 1080 g/mol. The minimum absolute atomic E-state index is 0.0363. The van der Waals surface area contributed by atoms with Gasteiger partial charge in [-0.1, -0.05) is 215 Å². The summed E-state index contributed by atoms with van der Waals surface area (Å²) >= 11 is 0. The molecule has 0 aliphatic rings. The zero-order valence-electron chi connectivity index (χ0n) is 53.0. The van der Waals surface area contributed by atoms with E-state index in [9.17, 15) is 20.4 Å². The summed E-state index contributed by atoms with van der Waals surface area (Å²) in [7, 11) is 0. The molecule has 0 atom stereocenters. The van der Waals surface area contributed by atoms with Crippen LogP contribution in [0.3, 0.4) is 0 Å². The number of nitrogens with zero attached hydrogens (tertiary/aromatic N) is 4. The molecule has 0 heterocycles. The van der Waals surface area contributed by atoms with Gasteiger partial charge in [0.25, 0.3) is 0 Å². The zero-order chi connectivity index (χ0) is 60.3. The summed E-state index contributed by atoms with van der Waals surface area (Å²) in [6.45, 7) is 51.0. The van der Waals surface area contributed by atoms with Crippen LogP contribution in [0.25, 0.3) is 0 Å². The summed E-state index contributed by atoms with van der Waals surface area (Å²) in [5.41, 5.74) is 8.80. The second kappa shape index (κ2) is 21.9. The topological polar surface area (TPSA) is 130 Å². The first kappa shape index (κ1) is 62.4. The molecular formula is C72H94N4O4. The lowest BCUT2D eigenvalue weighted by Gasteiger charge is -2.29. The van der Waals surface area contributed by atoms with Crippen molar-refractivity contribution in [3.63, 3.8) is 0 Å². The minimum atomic E-state index is -0.516. The highest BCUT2D eigenvalue weighted by atomic mass is 16.3. The fourth-order valence-electron chi connectivity index (χ4n) is 9.50. The average Bonchev–Trinajstić information content (AvgIpc) is 3.30.